The van der Waals surface area contributed by atoms with E-state index in [-0.39, 0.29) is 13.0 Å². The number of urea groups is 1. The molecular formula is C19H17N3O4. The maximum Gasteiger partial charge on any atom is 0.348 e. The van der Waals surface area contributed by atoms with Crippen molar-refractivity contribution in [3.05, 3.63) is 71.8 Å². The summed E-state index contributed by atoms with van der Waals surface area (Å²) in [6, 6.07) is 16.0. The fraction of sp³-hybridized carbons (Fsp3) is 0.158. The molecule has 7 nitrogen and oxygen atoms in total. The first-order valence-corrected chi connectivity index (χ1v) is 8.05. The van der Waals surface area contributed by atoms with Crippen LogP contribution in [0.4, 0.5) is 4.79 Å². The zero-order valence-corrected chi connectivity index (χ0v) is 13.9. The smallest absolute Gasteiger partial charge is 0.348 e. The van der Waals surface area contributed by atoms with Crippen LogP contribution in [0.25, 0.3) is 0 Å². The van der Waals surface area contributed by atoms with Gasteiger partial charge in [-0.05, 0) is 11.1 Å². The second-order valence-corrected chi connectivity index (χ2v) is 5.80. The maximum atomic E-state index is 12.5. The third-order valence-corrected chi connectivity index (χ3v) is 3.99. The van der Waals surface area contributed by atoms with Crippen LogP contribution in [0.2, 0.25) is 0 Å². The van der Waals surface area contributed by atoms with E-state index in [1.807, 2.05) is 24.3 Å². The molecule has 1 aliphatic heterocycles. The van der Waals surface area contributed by atoms with E-state index in [0.717, 1.165) is 21.0 Å². The molecule has 1 fully saturated rings. The van der Waals surface area contributed by atoms with Gasteiger partial charge in [0.05, 0.1) is 6.21 Å². The lowest BCUT2D eigenvalue weighted by Crippen LogP contribution is -2.46. The predicted octanol–water partition coefficient (Wildman–Crippen LogP) is 1.98. The van der Waals surface area contributed by atoms with Crippen molar-refractivity contribution >= 4 is 24.1 Å². The molecule has 2 aromatic rings. The highest BCUT2D eigenvalue weighted by atomic mass is 16.4. The van der Waals surface area contributed by atoms with E-state index in [1.54, 1.807) is 36.4 Å². The number of carbonyl (C=O) groups is 3. The Kier molecular flexibility index (Phi) is 5.07. The monoisotopic (exact) mass is 351 g/mol. The van der Waals surface area contributed by atoms with Gasteiger partial charge < -0.3 is 5.11 Å². The van der Waals surface area contributed by atoms with E-state index in [0.29, 0.717) is 0 Å². The third-order valence-electron chi connectivity index (χ3n) is 3.99. The Bertz CT molecular complexity index is 836. The van der Waals surface area contributed by atoms with Crippen LogP contribution in [-0.2, 0) is 16.0 Å². The molecule has 0 aliphatic carbocycles. The van der Waals surface area contributed by atoms with Crippen LogP contribution in [-0.4, -0.2) is 51.7 Å². The van der Waals surface area contributed by atoms with Crippen molar-refractivity contribution in [2.45, 2.75) is 12.5 Å². The summed E-state index contributed by atoms with van der Waals surface area (Å²) in [4.78, 5) is 37.2. The third kappa shape index (κ3) is 3.77. The number of carbonyl (C=O) groups excluding carboxylic acids is 2. The Morgan fingerprint density at radius 2 is 1.69 bits per heavy atom. The summed E-state index contributed by atoms with van der Waals surface area (Å²) in [6.45, 7) is -0.277. The number of benzene rings is 2. The van der Waals surface area contributed by atoms with Crippen molar-refractivity contribution in [1.82, 2.24) is 9.91 Å². The molecular weight excluding hydrogens is 334 g/mol. The molecule has 0 aromatic heterocycles. The van der Waals surface area contributed by atoms with Gasteiger partial charge in [-0.25, -0.2) is 19.5 Å². The maximum absolute atomic E-state index is 12.5. The molecule has 1 atom stereocenters. The molecule has 7 heteroatoms. The number of rotatable bonds is 6. The quantitative estimate of drug-likeness (QED) is 0.636. The lowest BCUT2D eigenvalue weighted by atomic mass is 10.1. The molecule has 26 heavy (non-hydrogen) atoms. The first-order valence-electron chi connectivity index (χ1n) is 8.05. The van der Waals surface area contributed by atoms with Crippen LogP contribution in [0.5, 0.6) is 0 Å². The molecule has 1 N–H and O–H groups in total. The van der Waals surface area contributed by atoms with E-state index in [4.69, 9.17) is 0 Å². The SMILES string of the molecule is O=C(O)C(Cc1ccccc1)N1C(=O)CN(/N=C/c2ccccc2)C1=O. The Labute approximate surface area is 150 Å². The number of aliphatic carboxylic acids is 1. The van der Waals surface area contributed by atoms with Gasteiger partial charge in [0.2, 0.25) is 0 Å². The Balaban J connectivity index is 1.78. The number of carboxylic acid groups (broad SMARTS) is 1. The summed E-state index contributed by atoms with van der Waals surface area (Å²) < 4.78 is 0. The van der Waals surface area contributed by atoms with Gasteiger partial charge >= 0.3 is 12.0 Å². The number of carboxylic acids is 1. The number of hydrogen-bond donors (Lipinski definition) is 1. The van der Waals surface area contributed by atoms with Gasteiger partial charge in [-0.2, -0.15) is 5.10 Å². The second kappa shape index (κ2) is 7.60. The molecule has 1 saturated heterocycles. The average molecular weight is 351 g/mol. The van der Waals surface area contributed by atoms with E-state index in [2.05, 4.69) is 5.10 Å². The minimum absolute atomic E-state index is 0.0455. The van der Waals surface area contributed by atoms with Crippen molar-refractivity contribution < 1.29 is 19.5 Å². The highest BCUT2D eigenvalue weighted by molar-refractivity contribution is 6.05. The average Bonchev–Trinajstić information content (AvgIpc) is 2.93. The fourth-order valence-corrected chi connectivity index (χ4v) is 2.70. The lowest BCUT2D eigenvalue weighted by Gasteiger charge is -2.22. The van der Waals surface area contributed by atoms with Gasteiger partial charge in [-0.15, -0.1) is 0 Å². The van der Waals surface area contributed by atoms with Gasteiger partial charge in [0.25, 0.3) is 5.91 Å². The molecule has 3 amide bonds. The van der Waals surface area contributed by atoms with E-state index in [1.165, 1.54) is 6.21 Å². The molecule has 0 saturated carbocycles. The standard InChI is InChI=1S/C19H17N3O4/c23-17-13-21(20-12-15-9-5-2-6-10-15)19(26)22(17)16(18(24)25)11-14-7-3-1-4-8-14/h1-10,12,16H,11,13H2,(H,24,25)/b20-12+. The summed E-state index contributed by atoms with van der Waals surface area (Å²) in [5, 5.41) is 14.5. The number of amides is 3. The summed E-state index contributed by atoms with van der Waals surface area (Å²) in [5.74, 6) is -1.81. The van der Waals surface area contributed by atoms with E-state index in [9.17, 15) is 19.5 Å². The minimum Gasteiger partial charge on any atom is -0.480 e. The predicted molar refractivity (Wildman–Crippen MR) is 94.6 cm³/mol. The fourth-order valence-electron chi connectivity index (χ4n) is 2.70. The number of hydrazone groups is 1. The van der Waals surface area contributed by atoms with Gasteiger partial charge in [0.1, 0.15) is 12.6 Å². The summed E-state index contributed by atoms with van der Waals surface area (Å²) in [5.41, 5.74) is 1.50. The minimum atomic E-state index is -1.27. The van der Waals surface area contributed by atoms with Crippen molar-refractivity contribution in [2.75, 3.05) is 6.54 Å². The van der Waals surface area contributed by atoms with Crippen molar-refractivity contribution in [1.29, 1.82) is 0 Å². The van der Waals surface area contributed by atoms with Crippen molar-refractivity contribution in [3.63, 3.8) is 0 Å². The van der Waals surface area contributed by atoms with Gasteiger partial charge in [-0.3, -0.25) is 4.79 Å². The van der Waals surface area contributed by atoms with Crippen LogP contribution in [0.1, 0.15) is 11.1 Å². The molecule has 3 rings (SSSR count). The molecule has 1 aliphatic rings. The second-order valence-electron chi connectivity index (χ2n) is 5.80. The summed E-state index contributed by atoms with van der Waals surface area (Å²) in [7, 11) is 0. The van der Waals surface area contributed by atoms with E-state index < -0.39 is 23.9 Å². The van der Waals surface area contributed by atoms with Crippen molar-refractivity contribution in [3.8, 4) is 0 Å². The van der Waals surface area contributed by atoms with E-state index >= 15 is 0 Å². The molecule has 0 spiro atoms. The van der Waals surface area contributed by atoms with Gasteiger partial charge in [0, 0.05) is 6.42 Å². The highest BCUT2D eigenvalue weighted by Crippen LogP contribution is 2.18. The van der Waals surface area contributed by atoms with Crippen LogP contribution in [0.3, 0.4) is 0 Å². The number of hydrogen-bond acceptors (Lipinski definition) is 4. The summed E-state index contributed by atoms with van der Waals surface area (Å²) in [6.07, 6.45) is 1.51. The zero-order chi connectivity index (χ0) is 18.5. The lowest BCUT2D eigenvalue weighted by molar-refractivity contribution is -0.146. The Morgan fingerprint density at radius 3 is 2.31 bits per heavy atom. The Morgan fingerprint density at radius 1 is 1.08 bits per heavy atom. The largest absolute Gasteiger partial charge is 0.480 e. The normalized spacial score (nSPS) is 15.7. The molecule has 0 radical (unpaired) electrons. The molecule has 1 unspecified atom stereocenters. The van der Waals surface area contributed by atoms with Crippen molar-refractivity contribution in [2.24, 2.45) is 5.10 Å². The van der Waals surface area contributed by atoms with Crippen LogP contribution in [0, 0.1) is 0 Å². The van der Waals surface area contributed by atoms with Gasteiger partial charge in [-0.1, -0.05) is 60.7 Å². The highest BCUT2D eigenvalue weighted by Gasteiger charge is 2.43. The van der Waals surface area contributed by atoms with Crippen LogP contribution < -0.4 is 0 Å². The molecule has 132 valence electrons. The molecule has 1 heterocycles. The first kappa shape index (κ1) is 17.3. The number of nitrogens with zero attached hydrogens (tertiary/aromatic N) is 3. The van der Waals surface area contributed by atoms with Crippen LogP contribution >= 0.6 is 0 Å². The van der Waals surface area contributed by atoms with Gasteiger partial charge in [0.15, 0.2) is 0 Å². The first-order chi connectivity index (χ1) is 12.6. The molecule has 2 aromatic carbocycles. The topological polar surface area (TPSA) is 90.3 Å². The number of imide groups is 1. The van der Waals surface area contributed by atoms with Crippen LogP contribution in [0.15, 0.2) is 65.8 Å². The zero-order valence-electron chi connectivity index (χ0n) is 13.9. The molecule has 0 bridgehead atoms. The summed E-state index contributed by atoms with van der Waals surface area (Å²) >= 11 is 0. The Hall–Kier alpha value is -3.48.